The molecule has 0 saturated carbocycles. The summed E-state index contributed by atoms with van der Waals surface area (Å²) in [4.78, 5) is 0. The first-order valence-corrected chi connectivity index (χ1v) is 8.15. The third-order valence-corrected chi connectivity index (χ3v) is 4.48. The summed E-state index contributed by atoms with van der Waals surface area (Å²) in [6.07, 6.45) is 2.08. The maximum atomic E-state index is 6.11. The highest BCUT2D eigenvalue weighted by atomic mass is 35.5. The van der Waals surface area contributed by atoms with Crippen LogP contribution in [0.15, 0.2) is 42.5 Å². The van der Waals surface area contributed by atoms with Crippen LogP contribution in [0.25, 0.3) is 0 Å². The van der Waals surface area contributed by atoms with Crippen LogP contribution in [0.5, 0.6) is 0 Å². The molecule has 0 aromatic heterocycles. The van der Waals surface area contributed by atoms with Gasteiger partial charge in [-0.05, 0) is 41.7 Å². The summed E-state index contributed by atoms with van der Waals surface area (Å²) < 4.78 is 0. The molecule has 0 heterocycles. The molecule has 0 fully saturated rings. The van der Waals surface area contributed by atoms with Crippen molar-refractivity contribution < 1.29 is 0 Å². The van der Waals surface area contributed by atoms with Gasteiger partial charge < -0.3 is 5.32 Å². The molecule has 0 radical (unpaired) electrons. The van der Waals surface area contributed by atoms with E-state index in [1.807, 2.05) is 18.2 Å². The van der Waals surface area contributed by atoms with Crippen LogP contribution in [0, 0.1) is 0 Å². The van der Waals surface area contributed by atoms with E-state index < -0.39 is 0 Å². The van der Waals surface area contributed by atoms with E-state index in [4.69, 9.17) is 23.2 Å². The lowest BCUT2D eigenvalue weighted by molar-refractivity contribution is 0.519. The van der Waals surface area contributed by atoms with Crippen LogP contribution in [-0.4, -0.2) is 0 Å². The Balaban J connectivity index is 2.02. The number of rotatable bonds is 6. The third kappa shape index (κ3) is 4.47. The first-order chi connectivity index (χ1) is 10.1. The molecule has 1 nitrogen and oxygen atoms in total. The molecule has 0 amide bonds. The molecule has 2 aromatic rings. The van der Waals surface area contributed by atoms with Crippen LogP contribution in [0.2, 0.25) is 10.0 Å². The molecular weight excluding hydrogens is 301 g/mol. The average Bonchev–Trinajstić information content (AvgIpc) is 2.52. The van der Waals surface area contributed by atoms with Crippen LogP contribution < -0.4 is 5.32 Å². The maximum Gasteiger partial charge on any atom is 0.0595 e. The lowest BCUT2D eigenvalue weighted by Gasteiger charge is -2.18. The molecular formula is C18H21Cl2N. The Bertz CT molecular complexity index is 578. The second-order valence-electron chi connectivity index (χ2n) is 5.19. The first-order valence-electron chi connectivity index (χ1n) is 7.40. The van der Waals surface area contributed by atoms with Crippen molar-refractivity contribution in [2.75, 3.05) is 0 Å². The van der Waals surface area contributed by atoms with Crippen molar-refractivity contribution in [3.05, 3.63) is 69.2 Å². The fourth-order valence-corrected chi connectivity index (χ4v) is 2.67. The highest BCUT2D eigenvalue weighted by Crippen LogP contribution is 2.27. The van der Waals surface area contributed by atoms with E-state index in [1.54, 1.807) is 0 Å². The zero-order chi connectivity index (χ0) is 15.2. The minimum absolute atomic E-state index is 0.283. The SMILES string of the molecule is CCc1ccc(CNC(CC)c2ccc(Cl)c(Cl)c2)cc1. The highest BCUT2D eigenvalue weighted by Gasteiger charge is 2.10. The van der Waals surface area contributed by atoms with E-state index in [0.29, 0.717) is 10.0 Å². The largest absolute Gasteiger partial charge is 0.306 e. The van der Waals surface area contributed by atoms with Crippen LogP contribution in [0.4, 0.5) is 0 Å². The molecule has 112 valence electrons. The molecule has 3 heteroatoms. The summed E-state index contributed by atoms with van der Waals surface area (Å²) in [6.45, 7) is 5.19. The molecule has 1 atom stereocenters. The molecule has 0 saturated heterocycles. The lowest BCUT2D eigenvalue weighted by atomic mass is 10.0. The quantitative estimate of drug-likeness (QED) is 0.709. The van der Waals surface area contributed by atoms with Crippen molar-refractivity contribution in [1.82, 2.24) is 5.32 Å². The predicted molar refractivity (Wildman–Crippen MR) is 92.2 cm³/mol. The molecule has 2 aromatic carbocycles. The summed E-state index contributed by atoms with van der Waals surface area (Å²) in [5, 5.41) is 4.80. The van der Waals surface area contributed by atoms with Gasteiger partial charge in [-0.2, -0.15) is 0 Å². The molecule has 0 bridgehead atoms. The van der Waals surface area contributed by atoms with E-state index in [0.717, 1.165) is 19.4 Å². The Kier molecular flexibility index (Phi) is 6.10. The van der Waals surface area contributed by atoms with E-state index in [9.17, 15) is 0 Å². The van der Waals surface area contributed by atoms with Gasteiger partial charge in [0.2, 0.25) is 0 Å². The van der Waals surface area contributed by atoms with Crippen LogP contribution in [-0.2, 0) is 13.0 Å². The third-order valence-electron chi connectivity index (χ3n) is 3.74. The summed E-state index contributed by atoms with van der Waals surface area (Å²) in [7, 11) is 0. The predicted octanol–water partition coefficient (Wildman–Crippen LogP) is 5.80. The number of aryl methyl sites for hydroxylation is 1. The standard InChI is InChI=1S/C18H21Cl2N/c1-3-13-5-7-14(8-6-13)12-21-18(4-2)15-9-10-16(19)17(20)11-15/h5-11,18,21H,3-4,12H2,1-2H3. The second-order valence-corrected chi connectivity index (χ2v) is 6.00. The second kappa shape index (κ2) is 7.84. The Morgan fingerprint density at radius 2 is 1.57 bits per heavy atom. The molecule has 0 aliphatic rings. The number of hydrogen-bond acceptors (Lipinski definition) is 1. The van der Waals surface area contributed by atoms with Gasteiger partial charge in [-0.1, -0.05) is 67.4 Å². The molecule has 21 heavy (non-hydrogen) atoms. The minimum atomic E-state index is 0.283. The van der Waals surface area contributed by atoms with Crippen molar-refractivity contribution in [2.45, 2.75) is 39.3 Å². The molecule has 1 N–H and O–H groups in total. The molecule has 1 unspecified atom stereocenters. The average molecular weight is 322 g/mol. The molecule has 0 aliphatic carbocycles. The van der Waals surface area contributed by atoms with Crippen molar-refractivity contribution in [3.8, 4) is 0 Å². The van der Waals surface area contributed by atoms with Gasteiger partial charge in [0.15, 0.2) is 0 Å². The summed E-state index contributed by atoms with van der Waals surface area (Å²) in [5.74, 6) is 0. The van der Waals surface area contributed by atoms with Gasteiger partial charge in [0.1, 0.15) is 0 Å². The molecule has 2 rings (SSSR count). The number of hydrogen-bond donors (Lipinski definition) is 1. The topological polar surface area (TPSA) is 12.0 Å². The summed E-state index contributed by atoms with van der Waals surface area (Å²) in [6, 6.07) is 14.9. The summed E-state index contributed by atoms with van der Waals surface area (Å²) in [5.41, 5.74) is 3.85. The smallest absolute Gasteiger partial charge is 0.0595 e. The molecule has 0 aliphatic heterocycles. The molecule has 0 spiro atoms. The Labute approximate surface area is 137 Å². The van der Waals surface area contributed by atoms with Crippen molar-refractivity contribution >= 4 is 23.2 Å². The normalized spacial score (nSPS) is 12.4. The van der Waals surface area contributed by atoms with Gasteiger partial charge >= 0.3 is 0 Å². The maximum absolute atomic E-state index is 6.11. The zero-order valence-electron chi connectivity index (χ0n) is 12.5. The minimum Gasteiger partial charge on any atom is -0.306 e. The monoisotopic (exact) mass is 321 g/mol. The van der Waals surface area contributed by atoms with Gasteiger partial charge in [0.25, 0.3) is 0 Å². The fraction of sp³-hybridized carbons (Fsp3) is 0.333. The van der Waals surface area contributed by atoms with Crippen LogP contribution in [0.1, 0.15) is 43.0 Å². The number of halogens is 2. The van der Waals surface area contributed by atoms with E-state index in [2.05, 4.69) is 43.4 Å². The lowest BCUT2D eigenvalue weighted by Crippen LogP contribution is -2.20. The fourth-order valence-electron chi connectivity index (χ4n) is 2.36. The number of nitrogens with one attached hydrogen (secondary N) is 1. The van der Waals surface area contributed by atoms with Gasteiger partial charge in [-0.3, -0.25) is 0 Å². The van der Waals surface area contributed by atoms with Gasteiger partial charge in [0, 0.05) is 12.6 Å². The van der Waals surface area contributed by atoms with E-state index >= 15 is 0 Å². The van der Waals surface area contributed by atoms with Crippen molar-refractivity contribution in [3.63, 3.8) is 0 Å². The van der Waals surface area contributed by atoms with Crippen molar-refractivity contribution in [1.29, 1.82) is 0 Å². The van der Waals surface area contributed by atoms with E-state index in [-0.39, 0.29) is 6.04 Å². The van der Waals surface area contributed by atoms with Gasteiger partial charge in [-0.15, -0.1) is 0 Å². The van der Waals surface area contributed by atoms with Crippen LogP contribution in [0.3, 0.4) is 0 Å². The Morgan fingerprint density at radius 3 is 2.14 bits per heavy atom. The first kappa shape index (κ1) is 16.4. The van der Waals surface area contributed by atoms with Gasteiger partial charge in [0.05, 0.1) is 10.0 Å². The summed E-state index contributed by atoms with van der Waals surface area (Å²) >= 11 is 12.1. The number of benzene rings is 2. The highest BCUT2D eigenvalue weighted by molar-refractivity contribution is 6.42. The van der Waals surface area contributed by atoms with Gasteiger partial charge in [-0.25, -0.2) is 0 Å². The van der Waals surface area contributed by atoms with Crippen molar-refractivity contribution in [2.24, 2.45) is 0 Å². The Morgan fingerprint density at radius 1 is 0.905 bits per heavy atom. The van der Waals surface area contributed by atoms with E-state index in [1.165, 1.54) is 16.7 Å². The Hall–Kier alpha value is -1.02. The van der Waals surface area contributed by atoms with Crippen LogP contribution >= 0.6 is 23.2 Å². The zero-order valence-corrected chi connectivity index (χ0v) is 14.0.